The fourth-order valence-corrected chi connectivity index (χ4v) is 1.13. The number of carboxylic acid groups (broad SMARTS) is 1. The van der Waals surface area contributed by atoms with Crippen LogP contribution in [0.1, 0.15) is 35.7 Å². The molecule has 1 rings (SSSR count). The normalized spacial score (nSPS) is 12.6. The Morgan fingerprint density at radius 3 is 2.24 bits per heavy atom. The molecule has 0 atom stereocenters. The number of carboxylic acids is 1. The molecule has 17 heavy (non-hydrogen) atoms. The predicted octanol–water partition coefficient (Wildman–Crippen LogP) is 1.42. The van der Waals surface area contributed by atoms with E-state index in [0.29, 0.717) is 6.20 Å². The molecule has 0 aliphatic heterocycles. The Kier molecular flexibility index (Phi) is 3.11. The molecule has 0 aliphatic carbocycles. The molecule has 0 aromatic carbocycles. The van der Waals surface area contributed by atoms with Crippen molar-refractivity contribution in [1.82, 2.24) is 9.97 Å². The number of aliphatic hydroxyl groups is 1. The van der Waals surface area contributed by atoms with Crippen molar-refractivity contribution in [3.8, 4) is 0 Å². The zero-order chi connectivity index (χ0) is 13.4. The zero-order valence-electron chi connectivity index (χ0n) is 8.91. The van der Waals surface area contributed by atoms with Gasteiger partial charge in [0, 0.05) is 11.8 Å². The van der Waals surface area contributed by atoms with Crippen molar-refractivity contribution in [1.29, 1.82) is 0 Å². The second-order valence-electron chi connectivity index (χ2n) is 3.82. The van der Waals surface area contributed by atoms with Gasteiger partial charge in [-0.3, -0.25) is 0 Å². The molecule has 8 heteroatoms. The van der Waals surface area contributed by atoms with Gasteiger partial charge in [0.05, 0.1) is 5.60 Å². The molecular formula is C9H9F3N2O3. The Bertz CT molecular complexity index is 452. The summed E-state index contributed by atoms with van der Waals surface area (Å²) in [5.74, 6) is -3.21. The molecule has 0 amide bonds. The maximum absolute atomic E-state index is 12.3. The highest BCUT2D eigenvalue weighted by atomic mass is 19.4. The average molecular weight is 250 g/mol. The molecule has 0 bridgehead atoms. The summed E-state index contributed by atoms with van der Waals surface area (Å²) in [6.07, 6.45) is -4.17. The van der Waals surface area contributed by atoms with E-state index in [2.05, 4.69) is 9.97 Å². The van der Waals surface area contributed by atoms with Crippen LogP contribution in [0.2, 0.25) is 0 Å². The molecule has 94 valence electrons. The summed E-state index contributed by atoms with van der Waals surface area (Å²) in [5, 5.41) is 18.3. The number of rotatable bonds is 2. The van der Waals surface area contributed by atoms with Crippen LogP contribution in [0.4, 0.5) is 13.2 Å². The summed E-state index contributed by atoms with van der Waals surface area (Å²) in [4.78, 5) is 16.7. The molecule has 1 heterocycles. The number of aromatic nitrogens is 2. The van der Waals surface area contributed by atoms with Crippen molar-refractivity contribution in [2.24, 2.45) is 0 Å². The minimum Gasteiger partial charge on any atom is -0.476 e. The van der Waals surface area contributed by atoms with Crippen molar-refractivity contribution in [3.05, 3.63) is 23.3 Å². The van der Waals surface area contributed by atoms with E-state index in [1.165, 1.54) is 13.8 Å². The first-order valence-corrected chi connectivity index (χ1v) is 4.44. The van der Waals surface area contributed by atoms with Crippen LogP contribution in [-0.2, 0) is 11.8 Å². The van der Waals surface area contributed by atoms with Crippen LogP contribution in [0.15, 0.2) is 6.20 Å². The molecule has 2 N–H and O–H groups in total. The number of hydrogen-bond donors (Lipinski definition) is 2. The number of aromatic carboxylic acids is 1. The first-order valence-electron chi connectivity index (χ1n) is 4.44. The molecule has 0 radical (unpaired) electrons. The topological polar surface area (TPSA) is 83.3 Å². The first kappa shape index (κ1) is 13.4. The van der Waals surface area contributed by atoms with E-state index in [-0.39, 0.29) is 5.56 Å². The fraction of sp³-hybridized carbons (Fsp3) is 0.444. The number of halogens is 3. The van der Waals surface area contributed by atoms with Gasteiger partial charge in [-0.25, -0.2) is 14.8 Å². The lowest BCUT2D eigenvalue weighted by atomic mass is 9.98. The summed E-state index contributed by atoms with van der Waals surface area (Å²) in [5.41, 5.74) is -2.78. The van der Waals surface area contributed by atoms with E-state index in [1.807, 2.05) is 0 Å². The highest BCUT2D eigenvalue weighted by Crippen LogP contribution is 2.28. The van der Waals surface area contributed by atoms with Gasteiger partial charge in [-0.1, -0.05) is 0 Å². The summed E-state index contributed by atoms with van der Waals surface area (Å²) in [6, 6.07) is 0. The van der Waals surface area contributed by atoms with Crippen molar-refractivity contribution in [3.63, 3.8) is 0 Å². The van der Waals surface area contributed by atoms with Gasteiger partial charge >= 0.3 is 12.1 Å². The minimum absolute atomic E-state index is 0.280. The third-order valence-corrected chi connectivity index (χ3v) is 1.90. The number of carbonyl (C=O) groups is 1. The van der Waals surface area contributed by atoms with Gasteiger partial charge in [0.2, 0.25) is 5.82 Å². The van der Waals surface area contributed by atoms with E-state index in [0.717, 1.165) is 0 Å². The zero-order valence-corrected chi connectivity index (χ0v) is 8.91. The first-order chi connectivity index (χ1) is 7.53. The molecule has 5 nitrogen and oxygen atoms in total. The highest BCUT2D eigenvalue weighted by Gasteiger charge is 2.37. The van der Waals surface area contributed by atoms with Crippen LogP contribution in [0.25, 0.3) is 0 Å². The van der Waals surface area contributed by atoms with E-state index < -0.39 is 29.3 Å². The van der Waals surface area contributed by atoms with E-state index >= 15 is 0 Å². The standard InChI is InChI=1S/C9H9F3N2O3/c1-8(2,17)4-3-13-7(9(10,11)12)14-5(4)6(15)16/h3,17H,1-2H3,(H,15,16). The third kappa shape index (κ3) is 2.90. The second kappa shape index (κ2) is 3.95. The third-order valence-electron chi connectivity index (χ3n) is 1.90. The molecule has 0 saturated heterocycles. The highest BCUT2D eigenvalue weighted by molar-refractivity contribution is 5.87. The molecule has 0 saturated carbocycles. The molecular weight excluding hydrogens is 241 g/mol. The van der Waals surface area contributed by atoms with Crippen LogP contribution in [-0.4, -0.2) is 26.2 Å². The van der Waals surface area contributed by atoms with E-state index in [4.69, 9.17) is 5.11 Å². The van der Waals surface area contributed by atoms with Crippen LogP contribution in [0.5, 0.6) is 0 Å². The van der Waals surface area contributed by atoms with Gasteiger partial charge in [-0.05, 0) is 13.8 Å². The second-order valence-corrected chi connectivity index (χ2v) is 3.82. The maximum Gasteiger partial charge on any atom is 0.451 e. The van der Waals surface area contributed by atoms with Gasteiger partial charge in [0.1, 0.15) is 0 Å². The monoisotopic (exact) mass is 250 g/mol. The van der Waals surface area contributed by atoms with Crippen molar-refractivity contribution < 1.29 is 28.2 Å². The number of nitrogens with zero attached hydrogens (tertiary/aromatic N) is 2. The summed E-state index contributed by atoms with van der Waals surface area (Å²) in [6.45, 7) is 2.46. The smallest absolute Gasteiger partial charge is 0.451 e. The molecule has 1 aromatic heterocycles. The van der Waals surface area contributed by atoms with Crippen LogP contribution in [0.3, 0.4) is 0 Å². The van der Waals surface area contributed by atoms with Crippen molar-refractivity contribution in [2.45, 2.75) is 25.6 Å². The Morgan fingerprint density at radius 1 is 1.35 bits per heavy atom. The Balaban J connectivity index is 3.43. The summed E-state index contributed by atoms with van der Waals surface area (Å²) >= 11 is 0. The van der Waals surface area contributed by atoms with Crippen molar-refractivity contribution in [2.75, 3.05) is 0 Å². The Labute approximate surface area is 93.9 Å². The lowest BCUT2D eigenvalue weighted by Crippen LogP contribution is -2.24. The molecule has 0 fully saturated rings. The quantitative estimate of drug-likeness (QED) is 0.829. The maximum atomic E-state index is 12.3. The van der Waals surface area contributed by atoms with Gasteiger partial charge in [0.25, 0.3) is 0 Å². The molecule has 0 aliphatic rings. The molecule has 0 spiro atoms. The SMILES string of the molecule is CC(C)(O)c1cnc(C(F)(F)F)nc1C(=O)O. The molecule has 0 unspecified atom stereocenters. The lowest BCUT2D eigenvalue weighted by Gasteiger charge is -2.19. The Hall–Kier alpha value is -1.70. The fourth-order valence-electron chi connectivity index (χ4n) is 1.13. The van der Waals surface area contributed by atoms with E-state index in [9.17, 15) is 23.1 Å². The predicted molar refractivity (Wildman–Crippen MR) is 49.2 cm³/mol. The molecule has 1 aromatic rings. The number of alkyl halides is 3. The van der Waals surface area contributed by atoms with Crippen LogP contribution < -0.4 is 0 Å². The largest absolute Gasteiger partial charge is 0.476 e. The number of hydrogen-bond acceptors (Lipinski definition) is 4. The average Bonchev–Trinajstić information content (AvgIpc) is 2.14. The van der Waals surface area contributed by atoms with Crippen LogP contribution in [0, 0.1) is 0 Å². The minimum atomic E-state index is -4.83. The van der Waals surface area contributed by atoms with E-state index in [1.54, 1.807) is 0 Å². The lowest BCUT2D eigenvalue weighted by molar-refractivity contribution is -0.145. The van der Waals surface area contributed by atoms with Gasteiger partial charge in [0.15, 0.2) is 5.69 Å². The summed E-state index contributed by atoms with van der Waals surface area (Å²) in [7, 11) is 0. The van der Waals surface area contributed by atoms with Gasteiger partial charge in [-0.15, -0.1) is 0 Å². The van der Waals surface area contributed by atoms with Gasteiger partial charge < -0.3 is 10.2 Å². The van der Waals surface area contributed by atoms with Gasteiger partial charge in [-0.2, -0.15) is 13.2 Å². The van der Waals surface area contributed by atoms with Crippen molar-refractivity contribution >= 4 is 5.97 Å². The van der Waals surface area contributed by atoms with Crippen LogP contribution >= 0.6 is 0 Å². The summed E-state index contributed by atoms with van der Waals surface area (Å²) < 4.78 is 36.8. The Morgan fingerprint density at radius 2 is 1.88 bits per heavy atom.